The fourth-order valence-electron chi connectivity index (χ4n) is 8.72. The van der Waals surface area contributed by atoms with E-state index in [1.54, 1.807) is 0 Å². The summed E-state index contributed by atoms with van der Waals surface area (Å²) in [5.74, 6) is -0.119. The number of esters is 1. The molecule has 2 unspecified atom stereocenters. The Labute approximate surface area is 404 Å². The average molecular weight is 915 g/mol. The lowest BCUT2D eigenvalue weighted by Crippen LogP contribution is -2.45. The van der Waals surface area contributed by atoms with Crippen molar-refractivity contribution in [1.82, 2.24) is 5.32 Å². The van der Waals surface area contributed by atoms with Crippen LogP contribution >= 0.6 is 0 Å². The zero-order valence-corrected chi connectivity index (χ0v) is 43.5. The lowest BCUT2D eigenvalue weighted by molar-refractivity contribution is -0.143. The molecule has 382 valence electrons. The number of hydrogen-bond donors (Lipinski definition) is 3. The number of aliphatic hydroxyl groups excluding tert-OH is 2. The second kappa shape index (κ2) is 54.7. The number of carbonyl (C=O) groups is 2. The summed E-state index contributed by atoms with van der Waals surface area (Å²) in [4.78, 5) is 24.5. The predicted molar refractivity (Wildman–Crippen MR) is 283 cm³/mol. The van der Waals surface area contributed by atoms with Gasteiger partial charge in [-0.3, -0.25) is 9.59 Å². The Morgan fingerprint density at radius 3 is 1.20 bits per heavy atom. The van der Waals surface area contributed by atoms with Gasteiger partial charge in [0.1, 0.15) is 0 Å². The number of allylic oxidation sites excluding steroid dienone is 6. The van der Waals surface area contributed by atoms with E-state index >= 15 is 0 Å². The first kappa shape index (κ1) is 63.1. The molecular weight excluding hydrogens is 803 g/mol. The Morgan fingerprint density at radius 1 is 0.431 bits per heavy atom. The Hall–Kier alpha value is -1.92. The fourth-order valence-corrected chi connectivity index (χ4v) is 8.72. The van der Waals surface area contributed by atoms with Gasteiger partial charge in [-0.2, -0.15) is 0 Å². The number of carbonyl (C=O) groups excluding carboxylic acids is 2. The maximum atomic E-state index is 12.5. The molecule has 3 N–H and O–H groups in total. The molecule has 6 nitrogen and oxygen atoms in total. The van der Waals surface area contributed by atoms with E-state index in [9.17, 15) is 19.8 Å². The summed E-state index contributed by atoms with van der Waals surface area (Å²) in [5.41, 5.74) is 0. The molecule has 6 heteroatoms. The Bertz CT molecular complexity index is 1060. The van der Waals surface area contributed by atoms with E-state index in [1.807, 2.05) is 0 Å². The molecule has 0 saturated heterocycles. The van der Waals surface area contributed by atoms with Gasteiger partial charge in [-0.15, -0.1) is 0 Å². The minimum atomic E-state index is -0.688. The number of hydrogen-bond acceptors (Lipinski definition) is 5. The van der Waals surface area contributed by atoms with E-state index in [-0.39, 0.29) is 18.5 Å². The monoisotopic (exact) mass is 914 g/mol. The highest BCUT2D eigenvalue weighted by molar-refractivity contribution is 5.76. The zero-order valence-electron chi connectivity index (χ0n) is 43.5. The zero-order chi connectivity index (χ0) is 47.2. The summed E-state index contributed by atoms with van der Waals surface area (Å²) in [6.45, 7) is 4.85. The van der Waals surface area contributed by atoms with Crippen molar-refractivity contribution in [2.45, 2.75) is 315 Å². The van der Waals surface area contributed by atoms with Gasteiger partial charge in [-0.05, 0) is 83.5 Å². The van der Waals surface area contributed by atoms with Crippen LogP contribution in [0.25, 0.3) is 0 Å². The first-order valence-corrected chi connectivity index (χ1v) is 28.7. The first-order valence-electron chi connectivity index (χ1n) is 28.7. The molecule has 0 aromatic heterocycles. The molecule has 0 aliphatic heterocycles. The molecule has 2 atom stereocenters. The third-order valence-electron chi connectivity index (χ3n) is 13.2. The molecule has 0 aromatic carbocycles. The molecule has 0 fully saturated rings. The van der Waals surface area contributed by atoms with Gasteiger partial charge in [0.2, 0.25) is 5.91 Å². The van der Waals surface area contributed by atoms with Crippen molar-refractivity contribution in [3.05, 3.63) is 36.5 Å². The summed E-state index contributed by atoms with van der Waals surface area (Å²) >= 11 is 0. The molecule has 0 radical (unpaired) electrons. The van der Waals surface area contributed by atoms with Crippen molar-refractivity contribution in [2.24, 2.45) is 0 Å². The van der Waals surface area contributed by atoms with Crippen LogP contribution in [-0.4, -0.2) is 47.4 Å². The topological polar surface area (TPSA) is 95.9 Å². The number of ether oxygens (including phenoxy) is 1. The summed E-state index contributed by atoms with van der Waals surface area (Å²) < 4.78 is 5.44. The quantitative estimate of drug-likeness (QED) is 0.0321. The highest BCUT2D eigenvalue weighted by atomic mass is 16.5. The van der Waals surface area contributed by atoms with Crippen molar-refractivity contribution >= 4 is 11.9 Å². The lowest BCUT2D eigenvalue weighted by atomic mass is 10.0. The highest BCUT2D eigenvalue weighted by Gasteiger charge is 2.20. The van der Waals surface area contributed by atoms with Gasteiger partial charge in [-0.25, -0.2) is 0 Å². The first-order chi connectivity index (χ1) is 32.0. The van der Waals surface area contributed by atoms with Crippen LogP contribution in [0, 0.1) is 0 Å². The van der Waals surface area contributed by atoms with Crippen LogP contribution in [0.4, 0.5) is 0 Å². The van der Waals surface area contributed by atoms with Crippen molar-refractivity contribution in [1.29, 1.82) is 0 Å². The standard InChI is InChI=1S/C59H111NO5/c1-3-5-7-9-11-13-15-17-19-21-22-23-24-25-26-27-29-31-35-39-43-47-51-57(62)56(55-61)60-58(63)52-48-44-40-36-33-34-38-42-46-50-54-65-59(64)53-49-45-41-37-32-30-28-20-18-16-14-12-10-8-6-4-2/h14,16,20,28,34,38,56-57,61-62H,3-13,15,17-19,21-27,29-33,35-37,39-55H2,1-2H3,(H,60,63)/b16-14-,28-20-,38-34-. The average Bonchev–Trinajstić information content (AvgIpc) is 3.31. The maximum Gasteiger partial charge on any atom is 0.305 e. The van der Waals surface area contributed by atoms with Gasteiger partial charge in [0.15, 0.2) is 0 Å². The van der Waals surface area contributed by atoms with Gasteiger partial charge in [0, 0.05) is 12.8 Å². The third-order valence-corrected chi connectivity index (χ3v) is 13.2. The normalized spacial score (nSPS) is 12.9. The molecule has 0 aromatic rings. The SMILES string of the molecule is CCCCCC/C=C\C/C=C\CCCCCCCC(=O)OCCCC/C=C\CCCCCCC(=O)NC(CO)C(O)CCCCCCCCCCCCCCCCCCCCCCCC. The number of amides is 1. The van der Waals surface area contributed by atoms with Crippen molar-refractivity contribution < 1.29 is 24.5 Å². The number of aliphatic hydroxyl groups is 2. The molecule has 65 heavy (non-hydrogen) atoms. The summed E-state index contributed by atoms with van der Waals surface area (Å²) in [7, 11) is 0. The van der Waals surface area contributed by atoms with E-state index in [0.29, 0.717) is 25.9 Å². The minimum absolute atomic E-state index is 0.0493. The van der Waals surface area contributed by atoms with Crippen LogP contribution in [0.2, 0.25) is 0 Å². The molecule has 0 heterocycles. The molecule has 0 spiro atoms. The molecule has 0 saturated carbocycles. The molecule has 0 aliphatic rings. The smallest absolute Gasteiger partial charge is 0.305 e. The second-order valence-corrected chi connectivity index (χ2v) is 19.6. The van der Waals surface area contributed by atoms with Crippen LogP contribution in [-0.2, 0) is 14.3 Å². The van der Waals surface area contributed by atoms with Crippen LogP contribution < -0.4 is 5.32 Å². The largest absolute Gasteiger partial charge is 0.466 e. The Kier molecular flexibility index (Phi) is 53.1. The molecular formula is C59H111NO5. The highest BCUT2D eigenvalue weighted by Crippen LogP contribution is 2.17. The summed E-state index contributed by atoms with van der Waals surface area (Å²) in [6.07, 6.45) is 67.1. The van der Waals surface area contributed by atoms with E-state index in [2.05, 4.69) is 55.6 Å². The van der Waals surface area contributed by atoms with E-state index in [4.69, 9.17) is 4.74 Å². The lowest BCUT2D eigenvalue weighted by Gasteiger charge is -2.22. The molecule has 1 amide bonds. The number of nitrogens with one attached hydrogen (secondary N) is 1. The number of unbranched alkanes of at least 4 members (excludes halogenated alkanes) is 36. The second-order valence-electron chi connectivity index (χ2n) is 19.6. The fraction of sp³-hybridized carbons (Fsp3) is 0.864. The maximum absolute atomic E-state index is 12.5. The van der Waals surface area contributed by atoms with Gasteiger partial charge in [0.25, 0.3) is 0 Å². The van der Waals surface area contributed by atoms with E-state index in [0.717, 1.165) is 89.9 Å². The summed E-state index contributed by atoms with van der Waals surface area (Å²) in [5, 5.41) is 23.3. The van der Waals surface area contributed by atoms with Gasteiger partial charge >= 0.3 is 5.97 Å². The van der Waals surface area contributed by atoms with Crippen LogP contribution in [0.1, 0.15) is 303 Å². The molecule has 0 rings (SSSR count). The Balaban J connectivity index is 3.52. The molecule has 0 aliphatic carbocycles. The van der Waals surface area contributed by atoms with Crippen LogP contribution in [0.5, 0.6) is 0 Å². The molecule has 0 bridgehead atoms. The number of rotatable bonds is 53. The van der Waals surface area contributed by atoms with Crippen molar-refractivity contribution in [2.75, 3.05) is 13.2 Å². The van der Waals surface area contributed by atoms with E-state index in [1.165, 1.54) is 180 Å². The van der Waals surface area contributed by atoms with Crippen LogP contribution in [0.15, 0.2) is 36.5 Å². The van der Waals surface area contributed by atoms with Crippen LogP contribution in [0.3, 0.4) is 0 Å². The van der Waals surface area contributed by atoms with Gasteiger partial charge < -0.3 is 20.3 Å². The minimum Gasteiger partial charge on any atom is -0.466 e. The van der Waals surface area contributed by atoms with Crippen molar-refractivity contribution in [3.63, 3.8) is 0 Å². The van der Waals surface area contributed by atoms with Gasteiger partial charge in [0.05, 0.1) is 25.4 Å². The third kappa shape index (κ3) is 51.3. The van der Waals surface area contributed by atoms with Crippen molar-refractivity contribution in [3.8, 4) is 0 Å². The Morgan fingerprint density at radius 2 is 0.769 bits per heavy atom. The summed E-state index contributed by atoms with van der Waals surface area (Å²) in [6, 6.07) is -0.569. The van der Waals surface area contributed by atoms with E-state index < -0.39 is 12.1 Å². The van der Waals surface area contributed by atoms with Gasteiger partial charge in [-0.1, -0.05) is 243 Å². The predicted octanol–water partition coefficient (Wildman–Crippen LogP) is 17.6.